The zero-order valence-electron chi connectivity index (χ0n) is 10.3. The molecule has 1 aromatic rings. The van der Waals surface area contributed by atoms with E-state index in [9.17, 15) is 18.3 Å². The van der Waals surface area contributed by atoms with E-state index in [1.165, 1.54) is 23.1 Å². The number of phenolic OH excluding ortho intramolecular Hbond substituents is 1. The Bertz CT molecular complexity index is 614. The zero-order valence-corrected chi connectivity index (χ0v) is 11.9. The summed E-state index contributed by atoms with van der Waals surface area (Å²) < 4.78 is 22.8. The summed E-state index contributed by atoms with van der Waals surface area (Å²) >= 11 is 5.92. The van der Waals surface area contributed by atoms with Gasteiger partial charge in [-0.2, -0.15) is 0 Å². The highest BCUT2D eigenvalue weighted by Gasteiger charge is 2.33. The largest absolute Gasteiger partial charge is 0.508 e. The molecule has 0 spiro atoms. The van der Waals surface area contributed by atoms with E-state index >= 15 is 0 Å². The standard InChI is InChI=1S/C12H14ClNO4S/c1-14(8-4-5-19(17,18)7-8)12(16)10-6-9(15)2-3-11(10)13/h2-3,6,8,15H,4-5,7H2,1H3. The first-order valence-corrected chi connectivity index (χ1v) is 7.96. The minimum atomic E-state index is -3.05. The third-order valence-electron chi connectivity index (χ3n) is 3.26. The van der Waals surface area contributed by atoms with E-state index in [1.54, 1.807) is 7.05 Å². The smallest absolute Gasteiger partial charge is 0.255 e. The van der Waals surface area contributed by atoms with Gasteiger partial charge < -0.3 is 10.0 Å². The molecule has 0 aromatic heterocycles. The number of carbonyl (C=O) groups excluding carboxylic acids is 1. The van der Waals surface area contributed by atoms with Crippen LogP contribution in [0.2, 0.25) is 5.02 Å². The Hall–Kier alpha value is -1.27. The highest BCUT2D eigenvalue weighted by Crippen LogP contribution is 2.25. The maximum atomic E-state index is 12.3. The number of aromatic hydroxyl groups is 1. The monoisotopic (exact) mass is 303 g/mol. The fourth-order valence-corrected chi connectivity index (χ4v) is 4.09. The number of rotatable bonds is 2. The molecular formula is C12H14ClNO4S. The van der Waals surface area contributed by atoms with E-state index in [-0.39, 0.29) is 39.8 Å². The molecule has 1 N–H and O–H groups in total. The van der Waals surface area contributed by atoms with E-state index in [1.807, 2.05) is 0 Å². The molecule has 1 aliphatic rings. The van der Waals surface area contributed by atoms with Crippen molar-refractivity contribution in [1.82, 2.24) is 4.90 Å². The highest BCUT2D eigenvalue weighted by molar-refractivity contribution is 7.91. The number of hydrogen-bond donors (Lipinski definition) is 1. The van der Waals surface area contributed by atoms with Crippen LogP contribution < -0.4 is 0 Å². The second-order valence-corrected chi connectivity index (χ2v) is 7.27. The summed E-state index contributed by atoms with van der Waals surface area (Å²) in [6.45, 7) is 0. The molecule has 1 atom stereocenters. The summed E-state index contributed by atoms with van der Waals surface area (Å²) in [6, 6.07) is 3.77. The van der Waals surface area contributed by atoms with Crippen LogP contribution in [0.1, 0.15) is 16.8 Å². The SMILES string of the molecule is CN(C(=O)c1cc(O)ccc1Cl)C1CCS(=O)(=O)C1. The molecule has 0 bridgehead atoms. The topological polar surface area (TPSA) is 74.7 Å². The third kappa shape index (κ3) is 3.01. The molecule has 1 fully saturated rings. The molecule has 1 amide bonds. The molecule has 1 saturated heterocycles. The lowest BCUT2D eigenvalue weighted by molar-refractivity contribution is 0.0747. The number of nitrogens with zero attached hydrogens (tertiary/aromatic N) is 1. The van der Waals surface area contributed by atoms with Gasteiger partial charge in [0.25, 0.3) is 5.91 Å². The summed E-state index contributed by atoms with van der Waals surface area (Å²) in [5.41, 5.74) is 0.175. The number of phenols is 1. The van der Waals surface area contributed by atoms with Crippen LogP contribution in [-0.4, -0.2) is 48.9 Å². The lowest BCUT2D eigenvalue weighted by Crippen LogP contribution is -2.37. The van der Waals surface area contributed by atoms with Crippen LogP contribution in [0, 0.1) is 0 Å². The van der Waals surface area contributed by atoms with Gasteiger partial charge in [-0.25, -0.2) is 8.42 Å². The Morgan fingerprint density at radius 3 is 2.74 bits per heavy atom. The van der Waals surface area contributed by atoms with Gasteiger partial charge in [-0.1, -0.05) is 11.6 Å². The van der Waals surface area contributed by atoms with Crippen molar-refractivity contribution in [3.63, 3.8) is 0 Å². The van der Waals surface area contributed by atoms with Crippen molar-refractivity contribution in [2.45, 2.75) is 12.5 Å². The molecule has 19 heavy (non-hydrogen) atoms. The van der Waals surface area contributed by atoms with Gasteiger partial charge in [-0.05, 0) is 24.6 Å². The van der Waals surface area contributed by atoms with E-state index < -0.39 is 9.84 Å². The summed E-state index contributed by atoms with van der Waals surface area (Å²) in [5.74, 6) is -0.363. The predicted molar refractivity (Wildman–Crippen MR) is 72.3 cm³/mol. The Morgan fingerprint density at radius 2 is 2.16 bits per heavy atom. The average Bonchev–Trinajstić information content (AvgIpc) is 2.71. The van der Waals surface area contributed by atoms with Gasteiger partial charge in [-0.3, -0.25) is 4.79 Å². The number of carbonyl (C=O) groups is 1. The second kappa shape index (κ2) is 5.02. The highest BCUT2D eigenvalue weighted by atomic mass is 35.5. The molecule has 1 aromatic carbocycles. The summed E-state index contributed by atoms with van der Waals surface area (Å²) in [5, 5.41) is 9.62. The maximum absolute atomic E-state index is 12.3. The molecule has 1 unspecified atom stereocenters. The van der Waals surface area contributed by atoms with Gasteiger partial charge in [0.1, 0.15) is 5.75 Å². The lowest BCUT2D eigenvalue weighted by Gasteiger charge is -2.23. The van der Waals surface area contributed by atoms with Crippen LogP contribution in [0.3, 0.4) is 0 Å². The van der Waals surface area contributed by atoms with Gasteiger partial charge in [-0.15, -0.1) is 0 Å². The van der Waals surface area contributed by atoms with Crippen molar-refractivity contribution in [3.8, 4) is 5.75 Å². The Kier molecular flexibility index (Phi) is 3.73. The Balaban J connectivity index is 2.22. The quantitative estimate of drug-likeness (QED) is 0.894. The van der Waals surface area contributed by atoms with E-state index in [4.69, 9.17) is 11.6 Å². The molecule has 104 valence electrons. The first-order chi connectivity index (χ1) is 8.80. The molecule has 1 heterocycles. The maximum Gasteiger partial charge on any atom is 0.255 e. The van der Waals surface area contributed by atoms with E-state index in [0.29, 0.717) is 6.42 Å². The molecule has 2 rings (SSSR count). The van der Waals surface area contributed by atoms with Gasteiger partial charge in [0.15, 0.2) is 9.84 Å². The van der Waals surface area contributed by atoms with Crippen LogP contribution in [0.25, 0.3) is 0 Å². The molecule has 0 saturated carbocycles. The van der Waals surface area contributed by atoms with E-state index in [2.05, 4.69) is 0 Å². The fourth-order valence-electron chi connectivity index (χ4n) is 2.11. The number of halogens is 1. The molecule has 7 heteroatoms. The second-order valence-electron chi connectivity index (χ2n) is 4.64. The van der Waals surface area contributed by atoms with Crippen molar-refractivity contribution < 1.29 is 18.3 Å². The fraction of sp³-hybridized carbons (Fsp3) is 0.417. The van der Waals surface area contributed by atoms with Crippen molar-refractivity contribution in [3.05, 3.63) is 28.8 Å². The molecular weight excluding hydrogens is 290 g/mol. The minimum absolute atomic E-state index is 0.0221. The van der Waals surface area contributed by atoms with Gasteiger partial charge in [0, 0.05) is 13.1 Å². The van der Waals surface area contributed by atoms with Crippen LogP contribution in [0.5, 0.6) is 5.75 Å². The number of sulfone groups is 1. The molecule has 0 radical (unpaired) electrons. The van der Waals surface area contributed by atoms with E-state index in [0.717, 1.165) is 0 Å². The number of hydrogen-bond acceptors (Lipinski definition) is 4. The Labute approximate surface area is 116 Å². The Morgan fingerprint density at radius 1 is 1.47 bits per heavy atom. The van der Waals surface area contributed by atoms with Crippen molar-refractivity contribution in [2.75, 3.05) is 18.6 Å². The lowest BCUT2D eigenvalue weighted by atomic mass is 10.1. The van der Waals surface area contributed by atoms with Gasteiger partial charge in [0.2, 0.25) is 0 Å². The van der Waals surface area contributed by atoms with Crippen LogP contribution in [-0.2, 0) is 9.84 Å². The zero-order chi connectivity index (χ0) is 14.2. The molecule has 1 aliphatic heterocycles. The third-order valence-corrected chi connectivity index (χ3v) is 5.34. The predicted octanol–water partition coefficient (Wildman–Crippen LogP) is 1.30. The van der Waals surface area contributed by atoms with Gasteiger partial charge in [0.05, 0.1) is 22.1 Å². The average molecular weight is 304 g/mol. The summed E-state index contributed by atoms with van der Waals surface area (Å²) in [6.07, 6.45) is 0.432. The first-order valence-electron chi connectivity index (χ1n) is 5.76. The molecule has 0 aliphatic carbocycles. The summed E-state index contributed by atoms with van der Waals surface area (Å²) in [7, 11) is -1.50. The molecule has 5 nitrogen and oxygen atoms in total. The van der Waals surface area contributed by atoms with Crippen LogP contribution in [0.4, 0.5) is 0 Å². The van der Waals surface area contributed by atoms with Crippen LogP contribution in [0.15, 0.2) is 18.2 Å². The normalized spacial score (nSPS) is 21.3. The first kappa shape index (κ1) is 14.1. The van der Waals surface area contributed by atoms with Crippen LogP contribution >= 0.6 is 11.6 Å². The van der Waals surface area contributed by atoms with Crippen molar-refractivity contribution in [2.24, 2.45) is 0 Å². The summed E-state index contributed by atoms with van der Waals surface area (Å²) in [4.78, 5) is 13.6. The minimum Gasteiger partial charge on any atom is -0.508 e. The van der Waals surface area contributed by atoms with Gasteiger partial charge >= 0.3 is 0 Å². The van der Waals surface area contributed by atoms with Crippen molar-refractivity contribution >= 4 is 27.3 Å². The number of benzene rings is 1. The van der Waals surface area contributed by atoms with Crippen molar-refractivity contribution in [1.29, 1.82) is 0 Å². The number of amides is 1.